The fraction of sp³-hybridized carbons (Fsp3) is 0.214. The Kier molecular flexibility index (Phi) is 2.91. The normalized spacial score (nSPS) is 12.6. The van der Waals surface area contributed by atoms with Gasteiger partial charge in [0.1, 0.15) is 0 Å². The van der Waals surface area contributed by atoms with E-state index in [9.17, 15) is 4.79 Å². The molecule has 0 saturated carbocycles. The predicted octanol–water partition coefficient (Wildman–Crippen LogP) is 3.10. The first-order valence-corrected chi connectivity index (χ1v) is 5.38. The number of aliphatic carboxylic acids is 1. The van der Waals surface area contributed by atoms with Crippen molar-refractivity contribution in [2.75, 3.05) is 0 Å². The van der Waals surface area contributed by atoms with Crippen LogP contribution in [0.4, 0.5) is 0 Å². The summed E-state index contributed by atoms with van der Waals surface area (Å²) < 4.78 is 0. The van der Waals surface area contributed by atoms with E-state index in [2.05, 4.69) is 0 Å². The highest BCUT2D eigenvalue weighted by molar-refractivity contribution is 5.86. The summed E-state index contributed by atoms with van der Waals surface area (Å²) in [6.45, 7) is 1.74. The van der Waals surface area contributed by atoms with Crippen LogP contribution < -0.4 is 0 Å². The van der Waals surface area contributed by atoms with Gasteiger partial charge in [-0.15, -0.1) is 0 Å². The molecule has 82 valence electrons. The van der Waals surface area contributed by atoms with Gasteiger partial charge in [0, 0.05) is 0 Å². The predicted molar refractivity (Wildman–Crippen MR) is 64.5 cm³/mol. The Balaban J connectivity index is 2.41. The zero-order chi connectivity index (χ0) is 11.5. The van der Waals surface area contributed by atoms with Crippen molar-refractivity contribution in [2.45, 2.75) is 13.3 Å². The van der Waals surface area contributed by atoms with Crippen LogP contribution in [-0.4, -0.2) is 11.1 Å². The van der Waals surface area contributed by atoms with Crippen molar-refractivity contribution in [3.8, 4) is 0 Å². The van der Waals surface area contributed by atoms with E-state index in [1.165, 1.54) is 0 Å². The van der Waals surface area contributed by atoms with Gasteiger partial charge in [0.2, 0.25) is 0 Å². The molecule has 0 radical (unpaired) electrons. The Morgan fingerprint density at radius 1 is 1.19 bits per heavy atom. The second-order valence-corrected chi connectivity index (χ2v) is 4.08. The van der Waals surface area contributed by atoms with E-state index in [0.29, 0.717) is 6.42 Å². The van der Waals surface area contributed by atoms with Gasteiger partial charge in [0.05, 0.1) is 5.92 Å². The molecule has 2 heteroatoms. The zero-order valence-corrected chi connectivity index (χ0v) is 9.18. The fourth-order valence-electron chi connectivity index (χ4n) is 1.89. The average Bonchev–Trinajstić information content (AvgIpc) is 2.29. The summed E-state index contributed by atoms with van der Waals surface area (Å²) in [5.41, 5.74) is 1.10. The number of carboxylic acids is 1. The molecule has 0 amide bonds. The van der Waals surface area contributed by atoms with E-state index >= 15 is 0 Å². The summed E-state index contributed by atoms with van der Waals surface area (Å²) in [5.74, 6) is -1.08. The van der Waals surface area contributed by atoms with Crippen molar-refractivity contribution >= 4 is 16.7 Å². The average molecular weight is 214 g/mol. The summed E-state index contributed by atoms with van der Waals surface area (Å²) in [7, 11) is 0. The second kappa shape index (κ2) is 4.35. The maximum Gasteiger partial charge on any atom is 0.306 e. The molecule has 16 heavy (non-hydrogen) atoms. The zero-order valence-electron chi connectivity index (χ0n) is 9.18. The van der Waals surface area contributed by atoms with Crippen molar-refractivity contribution in [3.05, 3.63) is 48.0 Å². The largest absolute Gasteiger partial charge is 0.481 e. The number of hydrogen-bond acceptors (Lipinski definition) is 1. The van der Waals surface area contributed by atoms with Crippen LogP contribution in [0.1, 0.15) is 12.5 Å². The summed E-state index contributed by atoms with van der Waals surface area (Å²) in [6.07, 6.45) is 0.580. The van der Waals surface area contributed by atoms with E-state index in [1.807, 2.05) is 42.5 Å². The molecule has 0 saturated heterocycles. The molecular weight excluding hydrogens is 200 g/mol. The molecule has 0 aliphatic carbocycles. The summed E-state index contributed by atoms with van der Waals surface area (Å²) in [5, 5.41) is 11.2. The second-order valence-electron chi connectivity index (χ2n) is 4.08. The summed E-state index contributed by atoms with van der Waals surface area (Å²) in [4.78, 5) is 10.8. The lowest BCUT2D eigenvalue weighted by Crippen LogP contribution is -2.12. The molecule has 0 spiro atoms. The molecule has 0 heterocycles. The van der Waals surface area contributed by atoms with Crippen LogP contribution in [0.2, 0.25) is 0 Å². The molecule has 2 rings (SSSR count). The highest BCUT2D eigenvalue weighted by Crippen LogP contribution is 2.21. The molecule has 0 bridgehead atoms. The monoisotopic (exact) mass is 214 g/mol. The van der Waals surface area contributed by atoms with Crippen LogP contribution in [0.15, 0.2) is 42.5 Å². The Bertz CT molecular complexity index is 512. The van der Waals surface area contributed by atoms with Gasteiger partial charge in [0.25, 0.3) is 0 Å². The first kappa shape index (κ1) is 10.7. The van der Waals surface area contributed by atoms with E-state index < -0.39 is 5.97 Å². The van der Waals surface area contributed by atoms with Crippen LogP contribution in [0, 0.1) is 5.92 Å². The number of carboxylic acid groups (broad SMARTS) is 1. The van der Waals surface area contributed by atoms with Gasteiger partial charge < -0.3 is 5.11 Å². The van der Waals surface area contributed by atoms with E-state index in [-0.39, 0.29) is 5.92 Å². The minimum atomic E-state index is -0.743. The van der Waals surface area contributed by atoms with Gasteiger partial charge in [-0.25, -0.2) is 0 Å². The number of rotatable bonds is 3. The van der Waals surface area contributed by atoms with Gasteiger partial charge in [-0.1, -0.05) is 49.4 Å². The maximum atomic E-state index is 10.8. The SMILES string of the molecule is C[C@H](Cc1cccc2ccccc12)C(=O)O. The van der Waals surface area contributed by atoms with E-state index in [0.717, 1.165) is 16.3 Å². The van der Waals surface area contributed by atoms with E-state index in [4.69, 9.17) is 5.11 Å². The first-order chi connectivity index (χ1) is 7.68. The minimum absolute atomic E-state index is 0.342. The number of carbonyl (C=O) groups is 1. The van der Waals surface area contributed by atoms with Gasteiger partial charge in [0.15, 0.2) is 0 Å². The topological polar surface area (TPSA) is 37.3 Å². The van der Waals surface area contributed by atoms with Crippen molar-refractivity contribution in [3.63, 3.8) is 0 Å². The Hall–Kier alpha value is -1.83. The molecule has 1 N–H and O–H groups in total. The smallest absolute Gasteiger partial charge is 0.306 e. The molecule has 0 aliphatic heterocycles. The number of fused-ring (bicyclic) bond motifs is 1. The third kappa shape index (κ3) is 2.06. The fourth-order valence-corrected chi connectivity index (χ4v) is 1.89. The molecule has 0 aliphatic rings. The summed E-state index contributed by atoms with van der Waals surface area (Å²) in [6, 6.07) is 14.1. The number of hydrogen-bond donors (Lipinski definition) is 1. The highest BCUT2D eigenvalue weighted by atomic mass is 16.4. The van der Waals surface area contributed by atoms with Crippen LogP contribution in [0.25, 0.3) is 10.8 Å². The quantitative estimate of drug-likeness (QED) is 0.852. The molecule has 0 aromatic heterocycles. The Labute approximate surface area is 94.5 Å². The molecule has 2 nitrogen and oxygen atoms in total. The minimum Gasteiger partial charge on any atom is -0.481 e. The molecule has 1 atom stereocenters. The van der Waals surface area contributed by atoms with Gasteiger partial charge in [-0.05, 0) is 22.8 Å². The van der Waals surface area contributed by atoms with Gasteiger partial charge >= 0.3 is 5.97 Å². The summed E-state index contributed by atoms with van der Waals surface area (Å²) >= 11 is 0. The first-order valence-electron chi connectivity index (χ1n) is 5.38. The van der Waals surface area contributed by atoms with Crippen molar-refractivity contribution < 1.29 is 9.90 Å². The van der Waals surface area contributed by atoms with Crippen molar-refractivity contribution in [1.82, 2.24) is 0 Å². The lowest BCUT2D eigenvalue weighted by molar-refractivity contribution is -0.141. The van der Waals surface area contributed by atoms with Crippen LogP contribution in [0.5, 0.6) is 0 Å². The molecular formula is C14H14O2. The molecule has 0 fully saturated rings. The van der Waals surface area contributed by atoms with E-state index in [1.54, 1.807) is 6.92 Å². The van der Waals surface area contributed by atoms with Crippen LogP contribution in [-0.2, 0) is 11.2 Å². The standard InChI is InChI=1S/C14H14O2/c1-10(14(15)16)9-12-7-4-6-11-5-2-3-8-13(11)12/h2-8,10H,9H2,1H3,(H,15,16)/t10-/m1/s1. The maximum absolute atomic E-state index is 10.8. The van der Waals surface area contributed by atoms with Crippen LogP contribution >= 0.6 is 0 Å². The van der Waals surface area contributed by atoms with Gasteiger partial charge in [-0.2, -0.15) is 0 Å². The van der Waals surface area contributed by atoms with Gasteiger partial charge in [-0.3, -0.25) is 4.79 Å². The number of benzene rings is 2. The molecule has 2 aromatic carbocycles. The third-order valence-electron chi connectivity index (χ3n) is 2.83. The van der Waals surface area contributed by atoms with Crippen molar-refractivity contribution in [1.29, 1.82) is 0 Å². The molecule has 2 aromatic rings. The molecule has 0 unspecified atom stereocenters. The van der Waals surface area contributed by atoms with Crippen LogP contribution in [0.3, 0.4) is 0 Å². The van der Waals surface area contributed by atoms with Crippen molar-refractivity contribution in [2.24, 2.45) is 5.92 Å². The third-order valence-corrected chi connectivity index (χ3v) is 2.83. The lowest BCUT2D eigenvalue weighted by atomic mass is 9.96. The highest BCUT2D eigenvalue weighted by Gasteiger charge is 2.12. The Morgan fingerprint density at radius 2 is 1.88 bits per heavy atom. The Morgan fingerprint density at radius 3 is 2.62 bits per heavy atom. The lowest BCUT2D eigenvalue weighted by Gasteiger charge is -2.09.